The Bertz CT molecular complexity index is 737. The molecule has 0 saturated heterocycles. The number of nitrogens with zero attached hydrogens (tertiary/aromatic N) is 3. The molecule has 0 atom stereocenters. The van der Waals surface area contributed by atoms with E-state index in [2.05, 4.69) is 26.1 Å². The monoisotopic (exact) mass is 375 g/mol. The van der Waals surface area contributed by atoms with Gasteiger partial charge in [0, 0.05) is 10.8 Å². The van der Waals surface area contributed by atoms with Crippen LogP contribution < -0.4 is 5.32 Å². The summed E-state index contributed by atoms with van der Waals surface area (Å²) in [5.41, 5.74) is 1.53. The van der Waals surface area contributed by atoms with Crippen LogP contribution in [0.1, 0.15) is 44.2 Å². The summed E-state index contributed by atoms with van der Waals surface area (Å²) in [6.45, 7) is 0. The lowest BCUT2D eigenvalue weighted by atomic mass is 9.49. The number of aromatic nitrogens is 4. The van der Waals surface area contributed by atoms with Crippen LogP contribution in [0, 0.1) is 17.8 Å². The van der Waals surface area contributed by atoms with Gasteiger partial charge in [0.05, 0.1) is 17.6 Å². The highest BCUT2D eigenvalue weighted by Crippen LogP contribution is 2.60. The summed E-state index contributed by atoms with van der Waals surface area (Å²) in [4.78, 5) is 17.0. The lowest BCUT2D eigenvalue weighted by Crippen LogP contribution is -2.48. The van der Waals surface area contributed by atoms with Crippen LogP contribution in [0.3, 0.4) is 0 Å². The van der Waals surface area contributed by atoms with Gasteiger partial charge in [-0.3, -0.25) is 4.79 Å². The Morgan fingerprint density at radius 3 is 2.64 bits per heavy atom. The minimum Gasteiger partial charge on any atom is -0.301 e. The summed E-state index contributed by atoms with van der Waals surface area (Å²) in [6, 6.07) is 0. The van der Waals surface area contributed by atoms with Crippen LogP contribution in [-0.2, 0) is 10.2 Å². The molecule has 2 aromatic rings. The number of H-pyrrole nitrogens is 1. The zero-order valence-corrected chi connectivity index (χ0v) is 15.5. The quantitative estimate of drug-likeness (QED) is 0.782. The predicted octanol–water partition coefficient (Wildman–Crippen LogP) is 3.46. The van der Waals surface area contributed by atoms with Gasteiger partial charge in [-0.25, -0.2) is 4.98 Å². The molecule has 4 fully saturated rings. The van der Waals surface area contributed by atoms with Crippen LogP contribution in [0.15, 0.2) is 16.6 Å². The molecule has 0 radical (unpaired) electrons. The molecule has 8 heteroatoms. The predicted molar refractivity (Wildman–Crippen MR) is 97.7 cm³/mol. The first kappa shape index (κ1) is 15.8. The van der Waals surface area contributed by atoms with E-state index < -0.39 is 0 Å². The number of thiazole rings is 1. The van der Waals surface area contributed by atoms with Crippen LogP contribution in [0.5, 0.6) is 0 Å². The Balaban J connectivity index is 1.25. The first-order chi connectivity index (χ1) is 12.2. The third-order valence-corrected chi connectivity index (χ3v) is 7.73. The van der Waals surface area contributed by atoms with Gasteiger partial charge in [-0.05, 0) is 56.3 Å². The van der Waals surface area contributed by atoms with E-state index in [-0.39, 0.29) is 5.91 Å². The SMILES string of the molecule is O=C(CSc1cn[nH]n1)Nc1nc(C23CC4CC(CC(C4)C2)C3)cs1. The number of thioether (sulfide) groups is 1. The van der Waals surface area contributed by atoms with Crippen molar-refractivity contribution in [1.29, 1.82) is 0 Å². The largest absolute Gasteiger partial charge is 0.301 e. The molecule has 4 aliphatic rings. The van der Waals surface area contributed by atoms with E-state index in [1.807, 2.05) is 0 Å². The summed E-state index contributed by atoms with van der Waals surface area (Å²) in [7, 11) is 0. The van der Waals surface area contributed by atoms with Crippen molar-refractivity contribution in [3.63, 3.8) is 0 Å². The number of hydrogen-bond donors (Lipinski definition) is 2. The van der Waals surface area contributed by atoms with Crippen molar-refractivity contribution >= 4 is 34.1 Å². The number of carbonyl (C=O) groups is 1. The molecular weight excluding hydrogens is 354 g/mol. The van der Waals surface area contributed by atoms with E-state index in [1.54, 1.807) is 17.5 Å². The summed E-state index contributed by atoms with van der Waals surface area (Å²) in [5, 5.41) is 16.8. The summed E-state index contributed by atoms with van der Waals surface area (Å²) in [6.07, 6.45) is 9.84. The van der Waals surface area contributed by atoms with Crippen molar-refractivity contribution in [2.24, 2.45) is 17.8 Å². The number of anilines is 1. The third kappa shape index (κ3) is 2.99. The van der Waals surface area contributed by atoms with Crippen molar-refractivity contribution < 1.29 is 4.79 Å². The van der Waals surface area contributed by atoms with Gasteiger partial charge in [0.25, 0.3) is 0 Å². The minimum absolute atomic E-state index is 0.0422. The van der Waals surface area contributed by atoms with E-state index in [1.165, 1.54) is 56.0 Å². The highest BCUT2D eigenvalue weighted by molar-refractivity contribution is 7.99. The standard InChI is InChI=1S/C17H21N5OS2/c23-14(9-24-15-7-18-22-21-15)20-16-19-13(8-25-16)17-4-10-1-11(5-17)3-12(2-10)6-17/h7-8,10-12H,1-6,9H2,(H,18,21,22)(H,19,20,23). The first-order valence-corrected chi connectivity index (χ1v) is 10.8. The average molecular weight is 376 g/mol. The summed E-state index contributed by atoms with van der Waals surface area (Å²) >= 11 is 2.93. The van der Waals surface area contributed by atoms with Gasteiger partial charge >= 0.3 is 0 Å². The zero-order valence-electron chi connectivity index (χ0n) is 13.9. The van der Waals surface area contributed by atoms with E-state index in [9.17, 15) is 4.79 Å². The van der Waals surface area contributed by atoms with Crippen molar-refractivity contribution in [2.75, 3.05) is 11.1 Å². The zero-order chi connectivity index (χ0) is 16.9. The molecule has 6 nitrogen and oxygen atoms in total. The highest BCUT2D eigenvalue weighted by atomic mass is 32.2. The number of carbonyl (C=O) groups excluding carboxylic acids is 1. The highest BCUT2D eigenvalue weighted by Gasteiger charge is 2.52. The Labute approximate surface area is 154 Å². The van der Waals surface area contributed by atoms with Crippen LogP contribution in [-0.4, -0.2) is 32.1 Å². The molecule has 25 heavy (non-hydrogen) atoms. The molecule has 0 aliphatic heterocycles. The van der Waals surface area contributed by atoms with E-state index in [0.717, 1.165) is 27.9 Å². The average Bonchev–Trinajstić information content (AvgIpc) is 3.23. The second-order valence-corrected chi connectivity index (χ2v) is 9.73. The van der Waals surface area contributed by atoms with Gasteiger partial charge < -0.3 is 5.32 Å². The lowest BCUT2D eigenvalue weighted by Gasteiger charge is -2.56. The number of nitrogens with one attached hydrogen (secondary N) is 2. The molecule has 4 bridgehead atoms. The Morgan fingerprint density at radius 1 is 1.28 bits per heavy atom. The molecule has 0 unspecified atom stereocenters. The van der Waals surface area contributed by atoms with E-state index in [0.29, 0.717) is 11.2 Å². The molecule has 2 aromatic heterocycles. The van der Waals surface area contributed by atoms with Gasteiger partial charge in [0.2, 0.25) is 5.91 Å². The summed E-state index contributed by atoms with van der Waals surface area (Å²) in [5.74, 6) is 3.00. The molecule has 2 heterocycles. The maximum Gasteiger partial charge on any atom is 0.236 e. The van der Waals surface area contributed by atoms with E-state index >= 15 is 0 Å². The van der Waals surface area contributed by atoms with Crippen LogP contribution in [0.2, 0.25) is 0 Å². The third-order valence-electron chi connectivity index (χ3n) is 6.08. The molecule has 4 saturated carbocycles. The number of amides is 1. The topological polar surface area (TPSA) is 83.6 Å². The maximum atomic E-state index is 12.1. The molecule has 132 valence electrons. The van der Waals surface area contributed by atoms with Gasteiger partial charge in [0.15, 0.2) is 5.13 Å². The van der Waals surface area contributed by atoms with Gasteiger partial charge in [-0.2, -0.15) is 10.3 Å². The summed E-state index contributed by atoms with van der Waals surface area (Å²) < 4.78 is 0. The maximum absolute atomic E-state index is 12.1. The van der Waals surface area contributed by atoms with Gasteiger partial charge in [0.1, 0.15) is 5.03 Å². The van der Waals surface area contributed by atoms with Crippen LogP contribution in [0.25, 0.3) is 0 Å². The Hall–Kier alpha value is -1.41. The number of rotatable bonds is 5. The minimum atomic E-state index is -0.0422. The van der Waals surface area contributed by atoms with Gasteiger partial charge in [-0.15, -0.1) is 16.4 Å². The number of hydrogen-bond acceptors (Lipinski definition) is 6. The molecule has 2 N–H and O–H groups in total. The normalized spacial score (nSPS) is 32.9. The first-order valence-electron chi connectivity index (χ1n) is 8.93. The van der Waals surface area contributed by atoms with Crippen LogP contribution in [0.4, 0.5) is 5.13 Å². The Kier molecular flexibility index (Phi) is 3.85. The lowest BCUT2D eigenvalue weighted by molar-refractivity contribution is -0.113. The molecule has 4 aliphatic carbocycles. The molecule has 6 rings (SSSR count). The smallest absolute Gasteiger partial charge is 0.236 e. The van der Waals surface area contributed by atoms with Crippen molar-refractivity contribution in [3.8, 4) is 0 Å². The fraction of sp³-hybridized carbons (Fsp3) is 0.647. The second-order valence-electron chi connectivity index (χ2n) is 7.88. The number of aromatic amines is 1. The fourth-order valence-corrected chi connectivity index (χ4v) is 6.99. The second kappa shape index (κ2) is 6.09. The van der Waals surface area contributed by atoms with Gasteiger partial charge in [-0.1, -0.05) is 11.8 Å². The van der Waals surface area contributed by atoms with E-state index in [4.69, 9.17) is 4.98 Å². The fourth-order valence-electron chi connectivity index (χ4n) is 5.55. The molecule has 0 spiro atoms. The molecular formula is C17H21N5OS2. The van der Waals surface area contributed by atoms with Crippen LogP contribution >= 0.6 is 23.1 Å². The van der Waals surface area contributed by atoms with Crippen molar-refractivity contribution in [1.82, 2.24) is 20.4 Å². The van der Waals surface area contributed by atoms with Crippen molar-refractivity contribution in [2.45, 2.75) is 49.0 Å². The van der Waals surface area contributed by atoms with Crippen molar-refractivity contribution in [3.05, 3.63) is 17.3 Å². The molecule has 1 amide bonds. The Morgan fingerprint density at radius 2 is 2.00 bits per heavy atom. The molecule has 0 aromatic carbocycles.